The lowest BCUT2D eigenvalue weighted by Gasteiger charge is -2.59. The summed E-state index contributed by atoms with van der Waals surface area (Å²) in [5.74, 6) is 2.24. The molecule has 2 saturated heterocycles. The van der Waals surface area contributed by atoms with Crippen molar-refractivity contribution in [3.8, 4) is 0 Å². The minimum atomic E-state index is -0.0957. The molecule has 4 rings (SSSR count). The molecule has 23 heavy (non-hydrogen) atoms. The van der Waals surface area contributed by atoms with Gasteiger partial charge in [0.15, 0.2) is 0 Å². The van der Waals surface area contributed by atoms with Gasteiger partial charge in [-0.1, -0.05) is 13.0 Å². The van der Waals surface area contributed by atoms with Crippen molar-refractivity contribution in [2.24, 2.45) is 23.2 Å². The maximum Gasteiger partial charge on any atom is 0.230 e. The molecular weight excluding hydrogens is 401 g/mol. The van der Waals surface area contributed by atoms with Gasteiger partial charge in [-0.05, 0) is 83.0 Å². The molecule has 126 valence electrons. The summed E-state index contributed by atoms with van der Waals surface area (Å²) in [5.41, 5.74) is 0.270. The zero-order chi connectivity index (χ0) is 16.4. The molecule has 1 saturated carbocycles. The first-order valence-electron chi connectivity index (χ1n) is 9.04. The number of fused-ring (bicyclic) bond motifs is 5. The molecular formula is C19H26INO2. The van der Waals surface area contributed by atoms with Gasteiger partial charge in [-0.3, -0.25) is 9.59 Å². The quantitative estimate of drug-likeness (QED) is 0.431. The van der Waals surface area contributed by atoms with Gasteiger partial charge in [-0.15, -0.1) is 0 Å². The lowest BCUT2D eigenvalue weighted by molar-refractivity contribution is -0.150. The van der Waals surface area contributed by atoms with E-state index in [1.165, 1.54) is 19.3 Å². The number of hydrogen-bond acceptors (Lipinski definition) is 2. The van der Waals surface area contributed by atoms with Crippen molar-refractivity contribution in [2.75, 3.05) is 6.54 Å². The first kappa shape index (κ1) is 16.1. The van der Waals surface area contributed by atoms with Gasteiger partial charge in [0.25, 0.3) is 0 Å². The van der Waals surface area contributed by atoms with Crippen molar-refractivity contribution in [3.05, 3.63) is 9.66 Å². The van der Waals surface area contributed by atoms with Crippen LogP contribution in [0.5, 0.6) is 0 Å². The van der Waals surface area contributed by atoms with E-state index in [4.69, 9.17) is 0 Å². The van der Waals surface area contributed by atoms with Crippen LogP contribution in [0.25, 0.3) is 0 Å². The number of ketones is 1. The van der Waals surface area contributed by atoms with E-state index in [-0.39, 0.29) is 23.7 Å². The van der Waals surface area contributed by atoms with Gasteiger partial charge in [0, 0.05) is 23.9 Å². The highest BCUT2D eigenvalue weighted by molar-refractivity contribution is 14.1. The lowest BCUT2D eigenvalue weighted by atomic mass is 9.53. The number of rotatable bonds is 0. The molecule has 3 fully saturated rings. The second kappa shape index (κ2) is 5.30. The van der Waals surface area contributed by atoms with Crippen LogP contribution in [-0.2, 0) is 9.59 Å². The van der Waals surface area contributed by atoms with E-state index < -0.39 is 0 Å². The van der Waals surface area contributed by atoms with Crippen LogP contribution in [0.4, 0.5) is 0 Å². The van der Waals surface area contributed by atoms with Crippen LogP contribution in [0.1, 0.15) is 58.8 Å². The molecule has 0 aromatic carbocycles. The van der Waals surface area contributed by atoms with Gasteiger partial charge in [-0.25, -0.2) is 0 Å². The third-order valence-electron chi connectivity index (χ3n) is 7.58. The fourth-order valence-electron chi connectivity index (χ4n) is 6.19. The Bertz CT molecular complexity index is 600. The number of nitrogens with zero attached hydrogens (tertiary/aromatic N) is 1. The third-order valence-corrected chi connectivity index (χ3v) is 9.26. The van der Waals surface area contributed by atoms with Crippen molar-refractivity contribution in [2.45, 2.75) is 64.3 Å². The summed E-state index contributed by atoms with van der Waals surface area (Å²) in [6.45, 7) is 5.58. The summed E-state index contributed by atoms with van der Waals surface area (Å²) in [5, 5.41) is 0. The summed E-state index contributed by atoms with van der Waals surface area (Å²) in [6.07, 6.45) is 8.80. The monoisotopic (exact) mass is 427 g/mol. The van der Waals surface area contributed by atoms with Crippen molar-refractivity contribution in [1.29, 1.82) is 0 Å². The average molecular weight is 427 g/mol. The Hall–Kier alpha value is -0.390. The van der Waals surface area contributed by atoms with E-state index in [1.807, 2.05) is 0 Å². The molecule has 5 atom stereocenters. The maximum absolute atomic E-state index is 12.6. The van der Waals surface area contributed by atoms with Crippen LogP contribution in [0.15, 0.2) is 9.66 Å². The Balaban J connectivity index is 1.68. The van der Waals surface area contributed by atoms with Gasteiger partial charge in [0.05, 0.1) is 6.42 Å². The second-order valence-electron chi connectivity index (χ2n) is 8.53. The summed E-state index contributed by atoms with van der Waals surface area (Å²) in [6, 6.07) is 0. The fraction of sp³-hybridized carbons (Fsp3) is 0.789. The standard InChI is InChI=1S/C19H26INO2/c1-18-8-6-15-13(14(18)3-4-16(18)20)7-10-21-17(23)11-12(22)5-9-19(15,21)2/h4,13-15H,3,5-11H2,1-2H3/t13-,14-,15-,18-,19+/m0/s1. The topological polar surface area (TPSA) is 37.4 Å². The Labute approximate surface area is 152 Å². The highest BCUT2D eigenvalue weighted by Gasteiger charge is 2.58. The molecule has 0 N–H and O–H groups in total. The number of Topliss-reactive ketones (excluding diaryl/α,β-unsaturated/α-hetero) is 1. The summed E-state index contributed by atoms with van der Waals surface area (Å²) in [4.78, 5) is 26.6. The number of hydrogen-bond donors (Lipinski definition) is 0. The number of halogens is 1. The molecule has 0 bridgehead atoms. The fourth-order valence-corrected chi connectivity index (χ4v) is 7.11. The van der Waals surface area contributed by atoms with Crippen LogP contribution in [0, 0.1) is 23.2 Å². The summed E-state index contributed by atoms with van der Waals surface area (Å²) < 4.78 is 1.55. The zero-order valence-electron chi connectivity index (χ0n) is 14.1. The highest BCUT2D eigenvalue weighted by Crippen LogP contribution is 2.62. The predicted molar refractivity (Wildman–Crippen MR) is 98.1 cm³/mol. The Morgan fingerprint density at radius 2 is 1.96 bits per heavy atom. The molecule has 4 heteroatoms. The average Bonchev–Trinajstić information content (AvgIpc) is 2.75. The van der Waals surface area contributed by atoms with Crippen LogP contribution in [0.2, 0.25) is 0 Å². The molecule has 2 aliphatic carbocycles. The number of allylic oxidation sites excluding steroid dienone is 2. The van der Waals surface area contributed by atoms with Crippen LogP contribution in [0.3, 0.4) is 0 Å². The minimum Gasteiger partial charge on any atom is -0.337 e. The van der Waals surface area contributed by atoms with Crippen LogP contribution in [-0.4, -0.2) is 28.7 Å². The molecule has 0 radical (unpaired) electrons. The molecule has 0 aromatic rings. The van der Waals surface area contributed by atoms with E-state index in [9.17, 15) is 9.59 Å². The molecule has 0 unspecified atom stereocenters. The van der Waals surface area contributed by atoms with E-state index in [0.717, 1.165) is 25.3 Å². The highest BCUT2D eigenvalue weighted by atomic mass is 127. The van der Waals surface area contributed by atoms with Crippen molar-refractivity contribution < 1.29 is 9.59 Å². The van der Waals surface area contributed by atoms with E-state index in [1.54, 1.807) is 3.58 Å². The molecule has 0 aromatic heterocycles. The summed E-state index contributed by atoms with van der Waals surface area (Å²) >= 11 is 2.55. The largest absolute Gasteiger partial charge is 0.337 e. The molecule has 0 spiro atoms. The Kier molecular flexibility index (Phi) is 3.71. The third kappa shape index (κ3) is 2.19. The SMILES string of the molecule is C[C@]12CC[C@H]3[C@@H](CCN4C(=O)CC(=O)CC[C@]34C)[C@@H]1CC=C2I. The molecule has 1 amide bonds. The van der Waals surface area contributed by atoms with Crippen molar-refractivity contribution >= 4 is 34.3 Å². The number of piperidine rings is 1. The number of amides is 1. The molecule has 2 heterocycles. The van der Waals surface area contributed by atoms with Gasteiger partial charge < -0.3 is 4.90 Å². The normalized spacial score (nSPS) is 46.7. The molecule has 3 nitrogen and oxygen atoms in total. The smallest absolute Gasteiger partial charge is 0.230 e. The number of carbonyl (C=O) groups excluding carboxylic acids is 2. The zero-order valence-corrected chi connectivity index (χ0v) is 16.3. The first-order chi connectivity index (χ1) is 10.9. The Morgan fingerprint density at radius 3 is 2.74 bits per heavy atom. The minimum absolute atomic E-state index is 0.0842. The Morgan fingerprint density at radius 1 is 1.17 bits per heavy atom. The lowest BCUT2D eigenvalue weighted by Crippen LogP contribution is -2.62. The van der Waals surface area contributed by atoms with E-state index in [0.29, 0.717) is 23.7 Å². The maximum atomic E-state index is 12.6. The van der Waals surface area contributed by atoms with Crippen LogP contribution >= 0.6 is 22.6 Å². The predicted octanol–water partition coefficient (Wildman–Crippen LogP) is 4.10. The molecule has 4 aliphatic rings. The second-order valence-corrected chi connectivity index (χ2v) is 9.69. The number of carbonyl (C=O) groups is 2. The molecule has 2 aliphatic heterocycles. The van der Waals surface area contributed by atoms with E-state index in [2.05, 4.69) is 47.4 Å². The summed E-state index contributed by atoms with van der Waals surface area (Å²) in [7, 11) is 0. The van der Waals surface area contributed by atoms with Gasteiger partial charge in [0.1, 0.15) is 5.78 Å². The van der Waals surface area contributed by atoms with E-state index >= 15 is 0 Å². The van der Waals surface area contributed by atoms with Crippen molar-refractivity contribution in [3.63, 3.8) is 0 Å². The van der Waals surface area contributed by atoms with Crippen molar-refractivity contribution in [1.82, 2.24) is 4.90 Å². The van der Waals surface area contributed by atoms with Gasteiger partial charge >= 0.3 is 0 Å². The van der Waals surface area contributed by atoms with Gasteiger partial charge in [-0.2, -0.15) is 0 Å². The van der Waals surface area contributed by atoms with Gasteiger partial charge in [0.2, 0.25) is 5.91 Å². The first-order valence-corrected chi connectivity index (χ1v) is 10.1. The van der Waals surface area contributed by atoms with Crippen LogP contribution < -0.4 is 0 Å².